The second kappa shape index (κ2) is 7.39. The quantitative estimate of drug-likeness (QED) is 0.668. The number of carbonyl (C=O) groups excluding carboxylic acids is 1. The molecule has 2 aromatic rings. The van der Waals surface area contributed by atoms with E-state index < -0.39 is 5.91 Å². The standard InChI is InChI=1S/C17H13N5O/c1-12-5-4-8-16(21-12)20-11-14(10-19)17(23)22-15-7-3-2-6-13(15)9-18/h2-8,11H,1H3,(H,20,21)(H,22,23)/b14-11-. The zero-order chi connectivity index (χ0) is 16.7. The van der Waals surface area contributed by atoms with E-state index in [4.69, 9.17) is 10.5 Å². The molecule has 0 unspecified atom stereocenters. The van der Waals surface area contributed by atoms with Gasteiger partial charge in [0.15, 0.2) is 0 Å². The van der Waals surface area contributed by atoms with Gasteiger partial charge in [0, 0.05) is 11.9 Å². The third-order valence-corrected chi connectivity index (χ3v) is 2.91. The maximum absolute atomic E-state index is 12.1. The highest BCUT2D eigenvalue weighted by Gasteiger charge is 2.11. The van der Waals surface area contributed by atoms with Crippen LogP contribution in [-0.2, 0) is 4.79 Å². The second-order valence-electron chi connectivity index (χ2n) is 4.59. The Morgan fingerprint density at radius 3 is 2.65 bits per heavy atom. The first-order chi connectivity index (χ1) is 11.1. The molecule has 6 heteroatoms. The van der Waals surface area contributed by atoms with E-state index in [-0.39, 0.29) is 5.57 Å². The summed E-state index contributed by atoms with van der Waals surface area (Å²) in [6, 6.07) is 15.7. The summed E-state index contributed by atoms with van der Waals surface area (Å²) in [6.45, 7) is 1.84. The topological polar surface area (TPSA) is 102 Å². The average molecular weight is 303 g/mol. The number of para-hydroxylation sites is 1. The van der Waals surface area contributed by atoms with Crippen molar-refractivity contribution in [3.05, 3.63) is 65.5 Å². The highest BCUT2D eigenvalue weighted by atomic mass is 16.1. The van der Waals surface area contributed by atoms with Crippen molar-refractivity contribution < 1.29 is 4.79 Å². The van der Waals surface area contributed by atoms with Gasteiger partial charge in [-0.3, -0.25) is 4.79 Å². The highest BCUT2D eigenvalue weighted by Crippen LogP contribution is 2.14. The van der Waals surface area contributed by atoms with Crippen LogP contribution in [-0.4, -0.2) is 10.9 Å². The molecule has 0 saturated carbocycles. The molecule has 0 saturated heterocycles. The van der Waals surface area contributed by atoms with Crippen molar-refractivity contribution in [1.82, 2.24) is 4.98 Å². The molecular weight excluding hydrogens is 290 g/mol. The SMILES string of the molecule is Cc1cccc(N/C=C(/C#N)C(=O)Nc2ccccc2C#N)n1. The number of aryl methyl sites for hydroxylation is 1. The van der Waals surface area contributed by atoms with E-state index >= 15 is 0 Å². The number of nitrogens with one attached hydrogen (secondary N) is 2. The molecule has 0 fully saturated rings. The maximum atomic E-state index is 12.1. The molecule has 0 aliphatic heterocycles. The van der Waals surface area contributed by atoms with Gasteiger partial charge < -0.3 is 10.6 Å². The van der Waals surface area contributed by atoms with E-state index in [1.807, 2.05) is 31.2 Å². The zero-order valence-electron chi connectivity index (χ0n) is 12.4. The molecule has 0 atom stereocenters. The van der Waals surface area contributed by atoms with Crippen LogP contribution in [0.3, 0.4) is 0 Å². The van der Waals surface area contributed by atoms with Crippen LogP contribution in [0.4, 0.5) is 11.5 Å². The van der Waals surface area contributed by atoms with E-state index in [0.29, 0.717) is 17.1 Å². The number of carbonyl (C=O) groups is 1. The van der Waals surface area contributed by atoms with Crippen molar-refractivity contribution in [2.24, 2.45) is 0 Å². The molecule has 1 aromatic heterocycles. The van der Waals surface area contributed by atoms with Gasteiger partial charge in [0.1, 0.15) is 23.5 Å². The number of pyridine rings is 1. The molecule has 6 nitrogen and oxygen atoms in total. The Morgan fingerprint density at radius 1 is 1.17 bits per heavy atom. The van der Waals surface area contributed by atoms with Gasteiger partial charge in [-0.05, 0) is 31.2 Å². The molecule has 2 N–H and O–H groups in total. The van der Waals surface area contributed by atoms with Crippen LogP contribution in [0, 0.1) is 29.6 Å². The molecule has 1 heterocycles. The van der Waals surface area contributed by atoms with Crippen LogP contribution < -0.4 is 10.6 Å². The van der Waals surface area contributed by atoms with Crippen LogP contribution in [0.2, 0.25) is 0 Å². The molecule has 23 heavy (non-hydrogen) atoms. The van der Waals surface area contributed by atoms with Crippen molar-refractivity contribution in [2.75, 3.05) is 10.6 Å². The summed E-state index contributed by atoms with van der Waals surface area (Å²) in [5.41, 5.74) is 1.37. The Hall–Kier alpha value is -3.64. The van der Waals surface area contributed by atoms with Gasteiger partial charge >= 0.3 is 0 Å². The van der Waals surface area contributed by atoms with Crippen LogP contribution in [0.1, 0.15) is 11.3 Å². The maximum Gasteiger partial charge on any atom is 0.267 e. The summed E-state index contributed by atoms with van der Waals surface area (Å²) in [5.74, 6) is -0.0710. The first kappa shape index (κ1) is 15.7. The lowest BCUT2D eigenvalue weighted by Crippen LogP contribution is -2.15. The first-order valence-corrected chi connectivity index (χ1v) is 6.75. The Kier molecular flexibility index (Phi) is 5.06. The number of benzene rings is 1. The monoisotopic (exact) mass is 303 g/mol. The third kappa shape index (κ3) is 4.16. The predicted octanol–water partition coefficient (Wildman–Crippen LogP) is 2.72. The van der Waals surface area contributed by atoms with E-state index in [0.717, 1.165) is 5.69 Å². The lowest BCUT2D eigenvalue weighted by molar-refractivity contribution is -0.112. The van der Waals surface area contributed by atoms with Crippen LogP contribution in [0.5, 0.6) is 0 Å². The smallest absolute Gasteiger partial charge is 0.267 e. The van der Waals surface area contributed by atoms with Crippen molar-refractivity contribution in [3.63, 3.8) is 0 Å². The third-order valence-electron chi connectivity index (χ3n) is 2.91. The normalized spacial score (nSPS) is 10.3. The summed E-state index contributed by atoms with van der Waals surface area (Å²) >= 11 is 0. The van der Waals surface area contributed by atoms with Gasteiger partial charge in [-0.25, -0.2) is 4.98 Å². The zero-order valence-corrected chi connectivity index (χ0v) is 12.4. The minimum absolute atomic E-state index is 0.124. The van der Waals surface area contributed by atoms with Crippen molar-refractivity contribution in [2.45, 2.75) is 6.92 Å². The van der Waals surface area contributed by atoms with Crippen molar-refractivity contribution >= 4 is 17.4 Å². The lowest BCUT2D eigenvalue weighted by atomic mass is 10.2. The number of hydrogen-bond donors (Lipinski definition) is 2. The Morgan fingerprint density at radius 2 is 1.96 bits per heavy atom. The number of nitrogens with zero attached hydrogens (tertiary/aromatic N) is 3. The van der Waals surface area contributed by atoms with Crippen molar-refractivity contribution in [1.29, 1.82) is 10.5 Å². The number of hydrogen-bond acceptors (Lipinski definition) is 5. The minimum Gasteiger partial charge on any atom is -0.345 e. The Bertz CT molecular complexity index is 843. The Balaban J connectivity index is 2.14. The minimum atomic E-state index is -0.602. The average Bonchev–Trinajstić information content (AvgIpc) is 2.56. The van der Waals surface area contributed by atoms with E-state index in [2.05, 4.69) is 15.6 Å². The van der Waals surface area contributed by atoms with E-state index in [9.17, 15) is 4.79 Å². The predicted molar refractivity (Wildman–Crippen MR) is 86.1 cm³/mol. The summed E-state index contributed by atoms with van der Waals surface area (Å²) in [5, 5.41) is 23.5. The fourth-order valence-corrected chi connectivity index (χ4v) is 1.80. The van der Waals surface area contributed by atoms with Crippen LogP contribution in [0.25, 0.3) is 0 Å². The molecule has 1 amide bonds. The molecular formula is C17H13N5O. The fraction of sp³-hybridized carbons (Fsp3) is 0.0588. The summed E-state index contributed by atoms with van der Waals surface area (Å²) in [7, 11) is 0. The molecule has 0 spiro atoms. The fourth-order valence-electron chi connectivity index (χ4n) is 1.80. The highest BCUT2D eigenvalue weighted by molar-refractivity contribution is 6.07. The number of anilines is 2. The molecule has 0 bridgehead atoms. The van der Waals surface area contributed by atoms with Gasteiger partial charge in [0.25, 0.3) is 5.91 Å². The number of amides is 1. The number of aromatic nitrogens is 1. The van der Waals surface area contributed by atoms with Gasteiger partial charge in [-0.2, -0.15) is 10.5 Å². The second-order valence-corrected chi connectivity index (χ2v) is 4.59. The molecule has 112 valence electrons. The molecule has 1 aromatic carbocycles. The van der Waals surface area contributed by atoms with Gasteiger partial charge in [0.05, 0.1) is 11.3 Å². The summed E-state index contributed by atoms with van der Waals surface area (Å²) in [6.07, 6.45) is 1.28. The van der Waals surface area contributed by atoms with E-state index in [1.165, 1.54) is 6.20 Å². The van der Waals surface area contributed by atoms with E-state index in [1.54, 1.807) is 30.3 Å². The van der Waals surface area contributed by atoms with Crippen molar-refractivity contribution in [3.8, 4) is 12.1 Å². The summed E-state index contributed by atoms with van der Waals surface area (Å²) < 4.78 is 0. The van der Waals surface area contributed by atoms with Gasteiger partial charge in [-0.1, -0.05) is 18.2 Å². The first-order valence-electron chi connectivity index (χ1n) is 6.75. The van der Waals surface area contributed by atoms with Gasteiger partial charge in [-0.15, -0.1) is 0 Å². The van der Waals surface area contributed by atoms with Crippen LogP contribution >= 0.6 is 0 Å². The molecule has 0 radical (unpaired) electrons. The Labute approximate surface area is 133 Å². The molecule has 0 aliphatic rings. The molecule has 0 aliphatic carbocycles. The lowest BCUT2D eigenvalue weighted by Gasteiger charge is -2.06. The van der Waals surface area contributed by atoms with Crippen LogP contribution in [0.15, 0.2) is 54.2 Å². The molecule has 2 rings (SSSR count). The summed E-state index contributed by atoms with van der Waals surface area (Å²) in [4.78, 5) is 16.3. The largest absolute Gasteiger partial charge is 0.345 e. The van der Waals surface area contributed by atoms with Gasteiger partial charge in [0.2, 0.25) is 0 Å². The number of nitriles is 2. The number of rotatable bonds is 4.